The van der Waals surface area contributed by atoms with Crippen molar-refractivity contribution in [2.24, 2.45) is 0 Å². The molecular formula is C17H25N3O. The molecule has 0 fully saturated rings. The Bertz CT molecular complexity index is 577. The highest BCUT2D eigenvalue weighted by atomic mass is 16.3. The molecule has 0 aliphatic carbocycles. The van der Waals surface area contributed by atoms with Crippen LogP contribution in [0.2, 0.25) is 0 Å². The summed E-state index contributed by atoms with van der Waals surface area (Å²) in [6, 6.07) is 10.1. The fraction of sp³-hybridized carbons (Fsp3) is 0.471. The molecule has 0 saturated heterocycles. The Balaban J connectivity index is 2.20. The Labute approximate surface area is 126 Å². The third-order valence-corrected chi connectivity index (χ3v) is 4.01. The lowest BCUT2D eigenvalue weighted by Crippen LogP contribution is -2.28. The van der Waals surface area contributed by atoms with Crippen LogP contribution in [0.25, 0.3) is 0 Å². The zero-order valence-corrected chi connectivity index (χ0v) is 13.3. The molecule has 2 aromatic rings. The molecule has 0 bridgehead atoms. The first kappa shape index (κ1) is 15.7. The van der Waals surface area contributed by atoms with Gasteiger partial charge in [0.15, 0.2) is 0 Å². The second-order valence-electron chi connectivity index (χ2n) is 5.43. The van der Waals surface area contributed by atoms with Crippen LogP contribution in [0.1, 0.15) is 48.4 Å². The Morgan fingerprint density at radius 3 is 2.43 bits per heavy atom. The molecule has 4 nitrogen and oxygen atoms in total. The van der Waals surface area contributed by atoms with E-state index in [2.05, 4.69) is 31.2 Å². The van der Waals surface area contributed by atoms with Gasteiger partial charge in [-0.3, -0.25) is 4.68 Å². The molecule has 1 unspecified atom stereocenters. The first-order chi connectivity index (χ1) is 10.1. The Hall–Kier alpha value is -1.65. The highest BCUT2D eigenvalue weighted by Gasteiger charge is 2.20. The summed E-state index contributed by atoms with van der Waals surface area (Å²) in [6.45, 7) is 9.33. The number of hydrogen-bond donors (Lipinski definition) is 2. The smallest absolute Gasteiger partial charge is 0.0644 e. The van der Waals surface area contributed by atoms with E-state index in [9.17, 15) is 5.11 Å². The van der Waals surface area contributed by atoms with Crippen molar-refractivity contribution in [1.82, 2.24) is 15.1 Å². The van der Waals surface area contributed by atoms with Crippen LogP contribution in [0.4, 0.5) is 0 Å². The largest absolute Gasteiger partial charge is 0.394 e. The summed E-state index contributed by atoms with van der Waals surface area (Å²) in [4.78, 5) is 0. The van der Waals surface area contributed by atoms with Crippen LogP contribution in [0, 0.1) is 13.8 Å². The number of aliphatic hydroxyl groups is 1. The highest BCUT2D eigenvalue weighted by molar-refractivity contribution is 5.29. The van der Waals surface area contributed by atoms with Crippen molar-refractivity contribution in [2.45, 2.75) is 46.3 Å². The zero-order chi connectivity index (χ0) is 15.4. The van der Waals surface area contributed by atoms with Gasteiger partial charge in [0.25, 0.3) is 0 Å². The SMILES string of the molecule is CCn1nc(C)c(C(C)N[C@@H](CO)c2ccccc2)c1C. The van der Waals surface area contributed by atoms with Gasteiger partial charge < -0.3 is 10.4 Å². The summed E-state index contributed by atoms with van der Waals surface area (Å²) < 4.78 is 2.03. The van der Waals surface area contributed by atoms with Crippen LogP contribution in [-0.4, -0.2) is 21.5 Å². The fourth-order valence-corrected chi connectivity index (χ4v) is 2.97. The highest BCUT2D eigenvalue weighted by Crippen LogP contribution is 2.24. The van der Waals surface area contributed by atoms with Crippen LogP contribution in [0.15, 0.2) is 30.3 Å². The molecule has 1 aromatic heterocycles. The van der Waals surface area contributed by atoms with Crippen molar-refractivity contribution in [2.75, 3.05) is 6.61 Å². The summed E-state index contributed by atoms with van der Waals surface area (Å²) >= 11 is 0. The molecular weight excluding hydrogens is 262 g/mol. The molecule has 1 heterocycles. The summed E-state index contributed by atoms with van der Waals surface area (Å²) in [6.07, 6.45) is 0. The summed E-state index contributed by atoms with van der Waals surface area (Å²) in [7, 11) is 0. The summed E-state index contributed by atoms with van der Waals surface area (Å²) in [5.41, 5.74) is 4.58. The van der Waals surface area contributed by atoms with Crippen LogP contribution < -0.4 is 5.32 Å². The van der Waals surface area contributed by atoms with Crippen LogP contribution in [0.3, 0.4) is 0 Å². The molecule has 0 aliphatic rings. The lowest BCUT2D eigenvalue weighted by molar-refractivity contribution is 0.235. The molecule has 0 spiro atoms. The second kappa shape index (κ2) is 6.87. The van der Waals surface area contributed by atoms with Crippen molar-refractivity contribution in [3.63, 3.8) is 0 Å². The maximum absolute atomic E-state index is 9.68. The third kappa shape index (κ3) is 3.34. The van der Waals surface area contributed by atoms with Gasteiger partial charge in [-0.25, -0.2) is 0 Å². The predicted octanol–water partition coefficient (Wildman–Crippen LogP) is 2.90. The van der Waals surface area contributed by atoms with E-state index >= 15 is 0 Å². The quantitative estimate of drug-likeness (QED) is 0.859. The maximum Gasteiger partial charge on any atom is 0.0644 e. The summed E-state index contributed by atoms with van der Waals surface area (Å²) in [5.74, 6) is 0. The molecule has 0 radical (unpaired) electrons. The first-order valence-corrected chi connectivity index (χ1v) is 7.54. The van der Waals surface area contributed by atoms with Crippen LogP contribution >= 0.6 is 0 Å². The van der Waals surface area contributed by atoms with Gasteiger partial charge in [-0.2, -0.15) is 5.10 Å². The minimum absolute atomic E-state index is 0.0648. The minimum Gasteiger partial charge on any atom is -0.394 e. The number of nitrogens with zero attached hydrogens (tertiary/aromatic N) is 2. The summed E-state index contributed by atoms with van der Waals surface area (Å²) in [5, 5.41) is 17.8. The van der Waals surface area contributed by atoms with E-state index in [0.29, 0.717) is 0 Å². The number of benzene rings is 1. The normalized spacial score (nSPS) is 14.1. The van der Waals surface area contributed by atoms with Gasteiger partial charge in [0.1, 0.15) is 0 Å². The zero-order valence-electron chi connectivity index (χ0n) is 13.3. The van der Waals surface area contributed by atoms with Gasteiger partial charge in [0.05, 0.1) is 18.3 Å². The number of rotatable bonds is 6. The molecule has 21 heavy (non-hydrogen) atoms. The molecule has 4 heteroatoms. The molecule has 114 valence electrons. The third-order valence-electron chi connectivity index (χ3n) is 4.01. The van der Waals surface area contributed by atoms with Gasteiger partial charge >= 0.3 is 0 Å². The number of nitrogens with one attached hydrogen (secondary N) is 1. The molecule has 2 N–H and O–H groups in total. The Morgan fingerprint density at radius 1 is 1.24 bits per heavy atom. The van der Waals surface area contributed by atoms with Crippen LogP contribution in [-0.2, 0) is 6.54 Å². The Morgan fingerprint density at radius 2 is 1.90 bits per heavy atom. The minimum atomic E-state index is -0.0648. The predicted molar refractivity (Wildman–Crippen MR) is 85.2 cm³/mol. The average Bonchev–Trinajstić information content (AvgIpc) is 2.79. The van der Waals surface area contributed by atoms with Crippen LogP contribution in [0.5, 0.6) is 0 Å². The van der Waals surface area contributed by atoms with Gasteiger partial charge in [-0.1, -0.05) is 30.3 Å². The molecule has 1 aromatic carbocycles. The van der Waals surface area contributed by atoms with Gasteiger partial charge in [0, 0.05) is 23.8 Å². The number of aliphatic hydroxyl groups excluding tert-OH is 1. The van der Waals surface area contributed by atoms with Crippen molar-refractivity contribution < 1.29 is 5.11 Å². The van der Waals surface area contributed by atoms with E-state index in [1.54, 1.807) is 0 Å². The van der Waals surface area contributed by atoms with Crippen molar-refractivity contribution >= 4 is 0 Å². The topological polar surface area (TPSA) is 50.1 Å². The molecule has 2 atom stereocenters. The van der Waals surface area contributed by atoms with E-state index in [-0.39, 0.29) is 18.7 Å². The van der Waals surface area contributed by atoms with E-state index in [4.69, 9.17) is 0 Å². The van der Waals surface area contributed by atoms with E-state index in [0.717, 1.165) is 17.8 Å². The first-order valence-electron chi connectivity index (χ1n) is 7.54. The molecule has 0 amide bonds. The lowest BCUT2D eigenvalue weighted by Gasteiger charge is -2.22. The second-order valence-corrected chi connectivity index (χ2v) is 5.43. The average molecular weight is 287 g/mol. The van der Waals surface area contributed by atoms with Gasteiger partial charge in [0.2, 0.25) is 0 Å². The Kier molecular flexibility index (Phi) is 5.15. The molecule has 0 saturated carbocycles. The fourth-order valence-electron chi connectivity index (χ4n) is 2.97. The van der Waals surface area contributed by atoms with Crippen molar-refractivity contribution in [1.29, 1.82) is 0 Å². The van der Waals surface area contributed by atoms with E-state index in [1.807, 2.05) is 41.9 Å². The van der Waals surface area contributed by atoms with Crippen molar-refractivity contribution in [3.05, 3.63) is 52.8 Å². The van der Waals surface area contributed by atoms with Gasteiger partial charge in [-0.05, 0) is 33.3 Å². The number of aromatic nitrogens is 2. The maximum atomic E-state index is 9.68. The van der Waals surface area contributed by atoms with Crippen molar-refractivity contribution in [3.8, 4) is 0 Å². The van der Waals surface area contributed by atoms with E-state index in [1.165, 1.54) is 11.3 Å². The number of hydrogen-bond acceptors (Lipinski definition) is 3. The van der Waals surface area contributed by atoms with Gasteiger partial charge in [-0.15, -0.1) is 0 Å². The monoisotopic (exact) mass is 287 g/mol. The molecule has 0 aliphatic heterocycles. The van der Waals surface area contributed by atoms with E-state index < -0.39 is 0 Å². The standard InChI is InChI=1S/C17H25N3O/c1-5-20-14(4)17(13(3)19-20)12(2)18-16(11-21)15-9-7-6-8-10-15/h6-10,12,16,18,21H,5,11H2,1-4H3/t12?,16-/m0/s1. The molecule has 2 rings (SSSR count). The lowest BCUT2D eigenvalue weighted by atomic mass is 10.0. The number of aryl methyl sites for hydroxylation is 2.